The molecule has 0 spiro atoms. The van der Waals surface area contributed by atoms with Crippen molar-refractivity contribution in [2.24, 2.45) is 5.10 Å². The molecule has 0 aliphatic rings. The van der Waals surface area contributed by atoms with Crippen LogP contribution >= 0.6 is 12.6 Å². The molecule has 0 radical (unpaired) electrons. The first-order valence-electron chi connectivity index (χ1n) is 4.68. The Labute approximate surface area is 101 Å². The van der Waals surface area contributed by atoms with Crippen molar-refractivity contribution in [1.82, 2.24) is 4.83 Å². The molecule has 6 heteroatoms. The second kappa shape index (κ2) is 5.36. The van der Waals surface area contributed by atoms with Crippen LogP contribution in [0.2, 0.25) is 0 Å². The summed E-state index contributed by atoms with van der Waals surface area (Å²) in [5.74, 6) is 0.413. The van der Waals surface area contributed by atoms with Gasteiger partial charge in [-0.2, -0.15) is 26.1 Å². The van der Waals surface area contributed by atoms with E-state index in [4.69, 9.17) is 0 Å². The predicted octanol–water partition coefficient (Wildman–Crippen LogP) is 1.58. The number of benzene rings is 1. The minimum atomic E-state index is -3.55. The van der Waals surface area contributed by atoms with Crippen LogP contribution in [-0.4, -0.2) is 19.9 Å². The third-order valence-electron chi connectivity index (χ3n) is 1.92. The first-order chi connectivity index (χ1) is 7.45. The van der Waals surface area contributed by atoms with E-state index in [1.165, 1.54) is 0 Å². The summed E-state index contributed by atoms with van der Waals surface area (Å²) in [5.41, 5.74) is 1.62. The molecule has 1 aromatic carbocycles. The van der Waals surface area contributed by atoms with Gasteiger partial charge in [-0.25, -0.2) is 4.83 Å². The van der Waals surface area contributed by atoms with Crippen LogP contribution in [0.4, 0.5) is 0 Å². The molecule has 0 saturated carbocycles. The molecule has 0 heterocycles. The van der Waals surface area contributed by atoms with Gasteiger partial charge in [0.15, 0.2) is 0 Å². The van der Waals surface area contributed by atoms with E-state index >= 15 is 0 Å². The molecule has 0 saturated heterocycles. The molecule has 4 nitrogen and oxygen atoms in total. The van der Waals surface area contributed by atoms with Crippen LogP contribution in [0.1, 0.15) is 12.5 Å². The maximum atomic E-state index is 11.7. The Morgan fingerprint density at radius 3 is 2.44 bits per heavy atom. The molecule has 0 atom stereocenters. The Bertz CT molecular complexity index is 478. The molecule has 88 valence electrons. The topological polar surface area (TPSA) is 58.5 Å². The number of nitrogens with zero attached hydrogens (tertiary/aromatic N) is 1. The van der Waals surface area contributed by atoms with Crippen molar-refractivity contribution in [3.63, 3.8) is 0 Å². The number of hydrogen-bond donors (Lipinski definition) is 2. The molecule has 1 aromatic rings. The Morgan fingerprint density at radius 1 is 1.38 bits per heavy atom. The summed E-state index contributed by atoms with van der Waals surface area (Å²) in [4.78, 5) is 2.36. The van der Waals surface area contributed by atoms with Crippen molar-refractivity contribution in [2.75, 3.05) is 5.75 Å². The summed E-state index contributed by atoms with van der Waals surface area (Å²) >= 11 is 3.98. The first kappa shape index (κ1) is 13.1. The van der Waals surface area contributed by atoms with Crippen LogP contribution in [0, 0.1) is 6.92 Å². The predicted molar refractivity (Wildman–Crippen MR) is 68.5 cm³/mol. The summed E-state index contributed by atoms with van der Waals surface area (Å²) in [6.45, 7) is 3.59. The van der Waals surface area contributed by atoms with E-state index in [1.807, 2.05) is 6.92 Å². The zero-order valence-electron chi connectivity index (χ0n) is 9.14. The molecule has 0 aromatic heterocycles. The zero-order chi connectivity index (χ0) is 12.2. The third-order valence-corrected chi connectivity index (χ3v) is 3.60. The molecule has 1 N–H and O–H groups in total. The fourth-order valence-electron chi connectivity index (χ4n) is 0.943. The van der Waals surface area contributed by atoms with E-state index in [2.05, 4.69) is 22.6 Å². The van der Waals surface area contributed by atoms with Crippen molar-refractivity contribution in [2.45, 2.75) is 18.7 Å². The molecular formula is C10H14N2O2S2. The highest BCUT2D eigenvalue weighted by Gasteiger charge is 2.11. The normalized spacial score (nSPS) is 12.6. The first-order valence-corrected chi connectivity index (χ1v) is 6.80. The highest BCUT2D eigenvalue weighted by atomic mass is 32.2. The van der Waals surface area contributed by atoms with Crippen molar-refractivity contribution in [3.05, 3.63) is 29.8 Å². The van der Waals surface area contributed by atoms with Crippen LogP contribution < -0.4 is 4.83 Å². The van der Waals surface area contributed by atoms with Crippen LogP contribution in [0.3, 0.4) is 0 Å². The lowest BCUT2D eigenvalue weighted by atomic mass is 10.2. The monoisotopic (exact) mass is 258 g/mol. The fraction of sp³-hybridized carbons (Fsp3) is 0.300. The van der Waals surface area contributed by atoms with E-state index in [-0.39, 0.29) is 4.90 Å². The lowest BCUT2D eigenvalue weighted by Gasteiger charge is -2.04. The Balaban J connectivity index is 2.91. The maximum absolute atomic E-state index is 11.7. The molecule has 0 amide bonds. The van der Waals surface area contributed by atoms with Gasteiger partial charge in [0, 0.05) is 11.5 Å². The van der Waals surface area contributed by atoms with Gasteiger partial charge in [-0.3, -0.25) is 0 Å². The minimum Gasteiger partial charge on any atom is -0.200 e. The quantitative estimate of drug-likeness (QED) is 0.489. The number of sulfonamides is 1. The van der Waals surface area contributed by atoms with E-state index in [0.717, 1.165) is 5.56 Å². The highest BCUT2D eigenvalue weighted by Crippen LogP contribution is 2.09. The Kier molecular flexibility index (Phi) is 4.37. The summed E-state index contributed by atoms with van der Waals surface area (Å²) in [5, 5.41) is 3.72. The molecule has 0 aliphatic carbocycles. The number of nitrogens with one attached hydrogen (secondary N) is 1. The van der Waals surface area contributed by atoms with Gasteiger partial charge in [0.2, 0.25) is 0 Å². The third kappa shape index (κ3) is 3.53. The zero-order valence-corrected chi connectivity index (χ0v) is 10.8. The SMILES string of the molecule is C/C(CS)=N\NS(=O)(=O)c1ccc(C)cc1. The average Bonchev–Trinajstić information content (AvgIpc) is 2.26. The average molecular weight is 258 g/mol. The fourth-order valence-corrected chi connectivity index (χ4v) is 1.89. The van der Waals surface area contributed by atoms with Gasteiger partial charge in [0.05, 0.1) is 4.90 Å². The van der Waals surface area contributed by atoms with Crippen LogP contribution in [0.5, 0.6) is 0 Å². The van der Waals surface area contributed by atoms with Gasteiger partial charge in [0.25, 0.3) is 10.0 Å². The van der Waals surface area contributed by atoms with E-state index in [0.29, 0.717) is 11.5 Å². The van der Waals surface area contributed by atoms with Gasteiger partial charge in [-0.1, -0.05) is 17.7 Å². The second-order valence-electron chi connectivity index (χ2n) is 3.41. The minimum absolute atomic E-state index is 0.203. The molecule has 0 unspecified atom stereocenters. The molecule has 0 aliphatic heterocycles. The lowest BCUT2D eigenvalue weighted by molar-refractivity contribution is 0.584. The second-order valence-corrected chi connectivity index (χ2v) is 5.39. The smallest absolute Gasteiger partial charge is 0.200 e. The van der Waals surface area contributed by atoms with Crippen LogP contribution in [-0.2, 0) is 10.0 Å². The van der Waals surface area contributed by atoms with Gasteiger partial charge in [-0.05, 0) is 26.0 Å². The summed E-state index contributed by atoms with van der Waals surface area (Å²) < 4.78 is 23.4. The standard InChI is InChI=1S/C10H14N2O2S2/c1-8-3-5-10(6-4-8)16(13,14)12-11-9(2)7-15/h3-6,12,15H,7H2,1-2H3/b11-9+. The van der Waals surface area contributed by atoms with E-state index in [9.17, 15) is 8.42 Å². The number of aryl methyl sites for hydroxylation is 1. The van der Waals surface area contributed by atoms with Crippen molar-refractivity contribution >= 4 is 28.4 Å². The van der Waals surface area contributed by atoms with Crippen molar-refractivity contribution in [3.8, 4) is 0 Å². The molecule has 0 bridgehead atoms. The van der Waals surface area contributed by atoms with E-state index < -0.39 is 10.0 Å². The van der Waals surface area contributed by atoms with Crippen molar-refractivity contribution < 1.29 is 8.42 Å². The molecular weight excluding hydrogens is 244 g/mol. The van der Waals surface area contributed by atoms with Gasteiger partial charge >= 0.3 is 0 Å². The van der Waals surface area contributed by atoms with Crippen LogP contribution in [0.15, 0.2) is 34.3 Å². The number of hydrogen-bond acceptors (Lipinski definition) is 4. The Morgan fingerprint density at radius 2 is 1.94 bits per heavy atom. The molecule has 1 rings (SSSR count). The van der Waals surface area contributed by atoms with E-state index in [1.54, 1.807) is 31.2 Å². The summed E-state index contributed by atoms with van der Waals surface area (Å²) in [6.07, 6.45) is 0. The molecule has 16 heavy (non-hydrogen) atoms. The molecule has 0 fully saturated rings. The number of thiol groups is 1. The number of rotatable bonds is 4. The van der Waals surface area contributed by atoms with Crippen molar-refractivity contribution in [1.29, 1.82) is 0 Å². The van der Waals surface area contributed by atoms with Gasteiger partial charge in [0.1, 0.15) is 0 Å². The van der Waals surface area contributed by atoms with Gasteiger partial charge in [-0.15, -0.1) is 0 Å². The summed E-state index contributed by atoms with van der Waals surface area (Å²) in [7, 11) is -3.55. The summed E-state index contributed by atoms with van der Waals surface area (Å²) in [6, 6.07) is 6.57. The Hall–Kier alpha value is -1.01. The number of hydrazone groups is 1. The van der Waals surface area contributed by atoms with Gasteiger partial charge < -0.3 is 0 Å². The lowest BCUT2D eigenvalue weighted by Crippen LogP contribution is -2.20. The largest absolute Gasteiger partial charge is 0.276 e. The highest BCUT2D eigenvalue weighted by molar-refractivity contribution is 7.89. The maximum Gasteiger partial charge on any atom is 0.276 e. The van der Waals surface area contributed by atoms with Crippen LogP contribution in [0.25, 0.3) is 0 Å².